The van der Waals surface area contributed by atoms with Crippen molar-refractivity contribution in [2.24, 2.45) is 23.2 Å². The minimum atomic E-state index is -0.219. The Morgan fingerprint density at radius 1 is 0.684 bits per heavy atom. The molecule has 0 aliphatic heterocycles. The third-order valence-electron chi connectivity index (χ3n) is 8.45. The van der Waals surface area contributed by atoms with Crippen LogP contribution in [0.3, 0.4) is 0 Å². The van der Waals surface area contributed by atoms with Crippen LogP contribution in [0.15, 0.2) is 0 Å². The Kier molecular flexibility index (Phi) is 13.4. The second-order valence-electron chi connectivity index (χ2n) is 11.5. The number of unbranched alkanes of at least 4 members (excludes halogenated alkanes) is 9. The van der Waals surface area contributed by atoms with Crippen LogP contribution >= 0.6 is 0 Å². The van der Waals surface area contributed by atoms with Crippen LogP contribution in [-0.4, -0.2) is 17.3 Å². The Morgan fingerprint density at radius 3 is 1.63 bits per heavy atom. The lowest BCUT2D eigenvalue weighted by molar-refractivity contribution is -0.141. The van der Waals surface area contributed by atoms with Gasteiger partial charge in [0.25, 0.3) is 0 Å². The van der Waals surface area contributed by atoms with E-state index in [0.717, 1.165) is 49.2 Å². The first-order chi connectivity index (χ1) is 18.6. The van der Waals surface area contributed by atoms with E-state index in [4.69, 9.17) is 6.42 Å². The van der Waals surface area contributed by atoms with Crippen molar-refractivity contribution in [3.8, 4) is 70.9 Å². The average molecular weight is 524 g/mol. The smallest absolute Gasteiger partial charge is 0.189 e. The van der Waals surface area contributed by atoms with Gasteiger partial charge in [-0.05, 0) is 98.7 Å². The molecular weight excluding hydrogens is 480 g/mol. The maximum absolute atomic E-state index is 13.7. The molecule has 4 aliphatic carbocycles. The number of ketones is 1. The van der Waals surface area contributed by atoms with Crippen LogP contribution in [-0.2, 0) is 15.7 Å². The number of rotatable bonds is 14. The summed E-state index contributed by atoms with van der Waals surface area (Å²) >= 11 is 0. The van der Waals surface area contributed by atoms with Crippen molar-refractivity contribution in [1.29, 1.82) is 0 Å². The van der Waals surface area contributed by atoms with Crippen LogP contribution in [0.2, 0.25) is 0 Å². The van der Waals surface area contributed by atoms with Crippen molar-refractivity contribution in [1.82, 2.24) is 0 Å². The molecule has 0 aromatic rings. The van der Waals surface area contributed by atoms with Gasteiger partial charge in [0.15, 0.2) is 16.8 Å². The summed E-state index contributed by atoms with van der Waals surface area (Å²) in [6.07, 6.45) is 25.8. The highest BCUT2D eigenvalue weighted by atomic mass is 32.2. The zero-order chi connectivity index (χ0) is 26.9. The molecule has 4 saturated carbocycles. The van der Waals surface area contributed by atoms with Gasteiger partial charge in [-0.2, -0.15) is 0 Å². The second kappa shape index (κ2) is 17.1. The first kappa shape index (κ1) is 29.9. The lowest BCUT2D eigenvalue weighted by atomic mass is 9.48. The van der Waals surface area contributed by atoms with E-state index < -0.39 is 0 Å². The van der Waals surface area contributed by atoms with Crippen molar-refractivity contribution in [3.63, 3.8) is 0 Å². The molecule has 198 valence electrons. The van der Waals surface area contributed by atoms with Crippen molar-refractivity contribution in [3.05, 3.63) is 0 Å². The van der Waals surface area contributed by atoms with E-state index in [1.165, 1.54) is 77.0 Å². The number of carbonyl (C=O) groups is 1. The molecule has 0 spiro atoms. The van der Waals surface area contributed by atoms with Gasteiger partial charge < -0.3 is 0 Å². The summed E-state index contributed by atoms with van der Waals surface area (Å²) in [4.78, 5) is 13.7. The third kappa shape index (κ3) is 10.3. The molecule has 4 bridgehead atoms. The molecular formula is C36H43OS+. The SMILES string of the molecule is C#CC#CC#CC#CC#CC#C[S+](CCCCCCCCCCCC)CC(=O)C12CC3CC(CC(C3)C1)C2. The van der Waals surface area contributed by atoms with Crippen molar-refractivity contribution >= 4 is 16.7 Å². The number of carbonyl (C=O) groups excluding carboxylic acids is 1. The molecule has 2 heteroatoms. The molecule has 0 aromatic carbocycles. The van der Waals surface area contributed by atoms with E-state index in [-0.39, 0.29) is 16.3 Å². The molecule has 0 amide bonds. The standard InChI is InChI=1S/C36H43OS/c1-3-5-7-9-11-13-15-17-19-21-23-38(24-22-20-18-16-14-12-10-8-6-4-2)31-35(37)36-28-32-25-33(29-36)27-34(26-32)30-36/h1,32-34H,4,6,8,10,12,14,16,18,20,22,24-31H2,2H3/q+1. The van der Waals surface area contributed by atoms with Gasteiger partial charge in [-0.25, -0.2) is 0 Å². The third-order valence-corrected chi connectivity index (χ3v) is 10.2. The fraction of sp³-hybridized carbons (Fsp3) is 0.639. The number of hydrogen-bond acceptors (Lipinski definition) is 1. The predicted octanol–water partition coefficient (Wildman–Crippen LogP) is 6.92. The highest BCUT2D eigenvalue weighted by molar-refractivity contribution is 8.01. The summed E-state index contributed by atoms with van der Waals surface area (Å²) in [6, 6.07) is 0. The normalized spacial score (nSPS) is 24.4. The summed E-state index contributed by atoms with van der Waals surface area (Å²) in [5, 5.41) is 3.37. The van der Waals surface area contributed by atoms with Crippen LogP contribution in [0.4, 0.5) is 0 Å². The summed E-state index contributed by atoms with van der Waals surface area (Å²) < 4.78 is 0. The summed E-state index contributed by atoms with van der Waals surface area (Å²) in [6.45, 7) is 2.27. The fourth-order valence-corrected chi connectivity index (χ4v) is 8.73. The Hall–Kier alpha value is -2.62. The molecule has 0 heterocycles. The molecule has 4 rings (SSSR count). The van der Waals surface area contributed by atoms with Gasteiger partial charge in [-0.3, -0.25) is 4.79 Å². The van der Waals surface area contributed by atoms with E-state index in [1.54, 1.807) is 0 Å². The molecule has 0 radical (unpaired) electrons. The van der Waals surface area contributed by atoms with Gasteiger partial charge in [-0.15, -0.1) is 6.42 Å². The Balaban J connectivity index is 1.50. The highest BCUT2D eigenvalue weighted by Gasteiger charge is 2.55. The number of terminal acetylenes is 1. The maximum atomic E-state index is 13.7. The van der Waals surface area contributed by atoms with E-state index >= 15 is 0 Å². The van der Waals surface area contributed by atoms with E-state index in [1.807, 2.05) is 0 Å². The van der Waals surface area contributed by atoms with E-state index in [9.17, 15) is 4.79 Å². The van der Waals surface area contributed by atoms with Crippen LogP contribution in [0.5, 0.6) is 0 Å². The summed E-state index contributed by atoms with van der Waals surface area (Å²) in [5.41, 5.74) is -0.0302. The topological polar surface area (TPSA) is 17.1 Å². The lowest BCUT2D eigenvalue weighted by Crippen LogP contribution is -2.51. The van der Waals surface area contributed by atoms with Gasteiger partial charge in [0, 0.05) is 35.0 Å². The Bertz CT molecular complexity index is 1110. The molecule has 4 aliphatic rings. The summed E-state index contributed by atoms with van der Waals surface area (Å²) in [5.74, 6) is 30.7. The lowest BCUT2D eigenvalue weighted by Gasteiger charge is -2.55. The van der Waals surface area contributed by atoms with Crippen molar-refractivity contribution < 1.29 is 4.79 Å². The average Bonchev–Trinajstić information content (AvgIpc) is 2.89. The quantitative estimate of drug-likeness (QED) is 0.137. The van der Waals surface area contributed by atoms with Gasteiger partial charge >= 0.3 is 0 Å². The predicted molar refractivity (Wildman–Crippen MR) is 162 cm³/mol. The molecule has 1 atom stereocenters. The Labute approximate surface area is 236 Å². The van der Waals surface area contributed by atoms with Crippen molar-refractivity contribution in [2.75, 3.05) is 11.5 Å². The fourth-order valence-electron chi connectivity index (χ4n) is 7.04. The maximum Gasteiger partial charge on any atom is 0.189 e. The zero-order valence-corrected chi connectivity index (χ0v) is 24.2. The summed E-state index contributed by atoms with van der Waals surface area (Å²) in [7, 11) is -0.219. The molecule has 38 heavy (non-hydrogen) atoms. The highest BCUT2D eigenvalue weighted by Crippen LogP contribution is 2.60. The number of Topliss-reactive ketones (excluding diaryl/α,β-unsaturated/α-hetero) is 1. The first-order valence-corrected chi connectivity index (χ1v) is 16.4. The molecule has 0 saturated heterocycles. The minimum Gasteiger partial charge on any atom is -0.294 e. The first-order valence-electron chi connectivity index (χ1n) is 14.8. The van der Waals surface area contributed by atoms with Crippen LogP contribution in [0, 0.1) is 94.0 Å². The largest absolute Gasteiger partial charge is 0.294 e. The monoisotopic (exact) mass is 523 g/mol. The molecule has 0 aromatic heterocycles. The van der Waals surface area contributed by atoms with Crippen LogP contribution < -0.4 is 0 Å². The van der Waals surface area contributed by atoms with E-state index in [0.29, 0.717) is 11.5 Å². The molecule has 0 N–H and O–H groups in total. The molecule has 1 unspecified atom stereocenters. The second-order valence-corrected chi connectivity index (χ2v) is 13.4. The van der Waals surface area contributed by atoms with Gasteiger partial charge in [0.1, 0.15) is 5.75 Å². The molecule has 1 nitrogen and oxygen atoms in total. The zero-order valence-electron chi connectivity index (χ0n) is 23.4. The van der Waals surface area contributed by atoms with Crippen LogP contribution in [0.25, 0.3) is 0 Å². The van der Waals surface area contributed by atoms with Gasteiger partial charge in [0.2, 0.25) is 0 Å². The van der Waals surface area contributed by atoms with Crippen molar-refractivity contribution in [2.45, 2.75) is 110 Å². The Morgan fingerprint density at radius 2 is 1.13 bits per heavy atom. The number of hydrogen-bond donors (Lipinski definition) is 0. The van der Waals surface area contributed by atoms with E-state index in [2.05, 4.69) is 71.4 Å². The molecule has 4 fully saturated rings. The van der Waals surface area contributed by atoms with Crippen LogP contribution in [0.1, 0.15) is 110 Å². The van der Waals surface area contributed by atoms with Gasteiger partial charge in [-0.1, -0.05) is 58.3 Å². The minimum absolute atomic E-state index is 0.0302. The van der Waals surface area contributed by atoms with Gasteiger partial charge in [0.05, 0.1) is 10.9 Å².